The Labute approximate surface area is 181 Å². The first-order chi connectivity index (χ1) is 14.3. The average molecular weight is 442 g/mol. The second-order valence-corrected chi connectivity index (χ2v) is 9.50. The molecule has 0 aliphatic carbocycles. The van der Waals surface area contributed by atoms with Crippen molar-refractivity contribution < 1.29 is 4.79 Å². The summed E-state index contributed by atoms with van der Waals surface area (Å²) in [6.45, 7) is 0. The lowest BCUT2D eigenvalue weighted by Crippen LogP contribution is -2.12. The maximum absolute atomic E-state index is 12.1. The van der Waals surface area contributed by atoms with E-state index in [-0.39, 0.29) is 5.91 Å². The predicted octanol–water partition coefficient (Wildman–Crippen LogP) is 4.74. The second-order valence-electron chi connectivity index (χ2n) is 6.20. The molecular weight excluding hydrogens is 422 g/mol. The third-order valence-electron chi connectivity index (χ3n) is 4.00. The number of aromatic nitrogens is 4. The van der Waals surface area contributed by atoms with E-state index in [2.05, 4.69) is 32.6 Å². The molecule has 0 aliphatic heterocycles. The SMILES string of the molecule is O=C(CCSCc1cn2ccccc2n1)Nc1nnc(SCc2ccccc2)s1. The zero-order valence-corrected chi connectivity index (χ0v) is 18.0. The van der Waals surface area contributed by atoms with Gasteiger partial charge in [-0.2, -0.15) is 11.8 Å². The van der Waals surface area contributed by atoms with Crippen molar-refractivity contribution >= 4 is 51.5 Å². The molecule has 3 aromatic heterocycles. The molecule has 148 valence electrons. The van der Waals surface area contributed by atoms with Crippen molar-refractivity contribution in [1.29, 1.82) is 0 Å². The number of carbonyl (C=O) groups is 1. The summed E-state index contributed by atoms with van der Waals surface area (Å²) in [5.41, 5.74) is 3.20. The molecule has 29 heavy (non-hydrogen) atoms. The lowest BCUT2D eigenvalue weighted by atomic mass is 10.2. The molecule has 0 atom stereocenters. The van der Waals surface area contributed by atoms with E-state index in [0.29, 0.717) is 11.6 Å². The maximum Gasteiger partial charge on any atom is 0.227 e. The van der Waals surface area contributed by atoms with Crippen molar-refractivity contribution in [2.24, 2.45) is 0 Å². The Bertz CT molecular complexity index is 1050. The summed E-state index contributed by atoms with van der Waals surface area (Å²) in [7, 11) is 0. The van der Waals surface area contributed by atoms with Gasteiger partial charge in [-0.3, -0.25) is 4.79 Å². The first kappa shape index (κ1) is 19.9. The van der Waals surface area contributed by atoms with Crippen LogP contribution in [0.3, 0.4) is 0 Å². The highest BCUT2D eigenvalue weighted by molar-refractivity contribution is 8.00. The van der Waals surface area contributed by atoms with E-state index < -0.39 is 0 Å². The van der Waals surface area contributed by atoms with Gasteiger partial charge < -0.3 is 9.72 Å². The van der Waals surface area contributed by atoms with Crippen LogP contribution in [-0.2, 0) is 16.3 Å². The lowest BCUT2D eigenvalue weighted by molar-refractivity contribution is -0.115. The molecule has 3 heterocycles. The minimum Gasteiger partial charge on any atom is -0.307 e. The summed E-state index contributed by atoms with van der Waals surface area (Å²) in [4.78, 5) is 16.7. The molecule has 0 fully saturated rings. The molecule has 4 aromatic rings. The van der Waals surface area contributed by atoms with Gasteiger partial charge >= 0.3 is 0 Å². The van der Waals surface area contributed by atoms with Crippen molar-refractivity contribution in [3.05, 3.63) is 72.2 Å². The summed E-state index contributed by atoms with van der Waals surface area (Å²) in [6, 6.07) is 16.2. The van der Waals surface area contributed by atoms with E-state index in [1.165, 1.54) is 16.9 Å². The number of thioether (sulfide) groups is 2. The number of hydrogen-bond donors (Lipinski definition) is 1. The first-order valence-electron chi connectivity index (χ1n) is 9.07. The Balaban J connectivity index is 1.17. The van der Waals surface area contributed by atoms with Gasteiger partial charge in [0.2, 0.25) is 11.0 Å². The van der Waals surface area contributed by atoms with Crippen molar-refractivity contribution in [3.63, 3.8) is 0 Å². The minimum absolute atomic E-state index is 0.0386. The van der Waals surface area contributed by atoms with Crippen molar-refractivity contribution in [2.75, 3.05) is 11.1 Å². The van der Waals surface area contributed by atoms with E-state index >= 15 is 0 Å². The lowest BCUT2D eigenvalue weighted by Gasteiger charge is -2.00. The maximum atomic E-state index is 12.1. The standard InChI is InChI=1S/C20H19N5OS3/c26-18(9-11-27-14-16-12-25-10-5-4-8-17(25)21-16)22-19-23-24-20(29-19)28-13-15-6-2-1-3-7-15/h1-8,10,12H,9,11,13-14H2,(H,22,23,26). The van der Waals surface area contributed by atoms with Crippen LogP contribution in [0.15, 0.2) is 65.3 Å². The number of anilines is 1. The molecular formula is C20H19N5OS3. The second kappa shape index (κ2) is 9.91. The van der Waals surface area contributed by atoms with Crippen LogP contribution in [0.1, 0.15) is 17.7 Å². The van der Waals surface area contributed by atoms with Gasteiger partial charge in [0.05, 0.1) is 5.69 Å². The minimum atomic E-state index is -0.0386. The summed E-state index contributed by atoms with van der Waals surface area (Å²) in [5.74, 6) is 2.31. The first-order valence-corrected chi connectivity index (χ1v) is 12.0. The highest BCUT2D eigenvalue weighted by atomic mass is 32.2. The van der Waals surface area contributed by atoms with Gasteiger partial charge in [-0.1, -0.05) is 59.5 Å². The molecule has 0 unspecified atom stereocenters. The van der Waals surface area contributed by atoms with Gasteiger partial charge in [-0.15, -0.1) is 10.2 Å². The summed E-state index contributed by atoms with van der Waals surface area (Å²) in [5, 5.41) is 11.6. The Hall–Kier alpha value is -2.36. The third-order valence-corrected chi connectivity index (χ3v) is 7.03. The molecule has 0 bridgehead atoms. The number of hydrogen-bond acceptors (Lipinski definition) is 7. The molecule has 1 amide bonds. The van der Waals surface area contributed by atoms with Crippen LogP contribution in [0.2, 0.25) is 0 Å². The number of nitrogens with zero attached hydrogens (tertiary/aromatic N) is 4. The summed E-state index contributed by atoms with van der Waals surface area (Å²) < 4.78 is 2.86. The number of nitrogens with one attached hydrogen (secondary N) is 1. The molecule has 1 N–H and O–H groups in total. The van der Waals surface area contributed by atoms with Gasteiger partial charge in [-0.05, 0) is 17.7 Å². The fourth-order valence-corrected chi connectivity index (χ4v) is 5.16. The quantitative estimate of drug-likeness (QED) is 0.230. The monoisotopic (exact) mass is 441 g/mol. The highest BCUT2D eigenvalue weighted by Gasteiger charge is 2.09. The van der Waals surface area contributed by atoms with Crippen molar-refractivity contribution in [3.8, 4) is 0 Å². The van der Waals surface area contributed by atoms with E-state index in [9.17, 15) is 4.79 Å². The van der Waals surface area contributed by atoms with Crippen molar-refractivity contribution in [2.45, 2.75) is 22.3 Å². The molecule has 1 aromatic carbocycles. The van der Waals surface area contributed by atoms with Gasteiger partial charge in [0.15, 0.2) is 4.34 Å². The molecule has 4 rings (SSSR count). The number of amides is 1. The largest absolute Gasteiger partial charge is 0.307 e. The number of benzene rings is 1. The van der Waals surface area contributed by atoms with Gasteiger partial charge in [0, 0.05) is 36.1 Å². The van der Waals surface area contributed by atoms with Crippen LogP contribution in [0, 0.1) is 0 Å². The fourth-order valence-electron chi connectivity index (χ4n) is 2.62. The molecule has 0 spiro atoms. The third kappa shape index (κ3) is 5.81. The summed E-state index contributed by atoms with van der Waals surface area (Å²) >= 11 is 4.73. The number of fused-ring (bicyclic) bond motifs is 1. The zero-order chi connectivity index (χ0) is 19.9. The average Bonchev–Trinajstić information content (AvgIpc) is 3.36. The van der Waals surface area contributed by atoms with Gasteiger partial charge in [0.1, 0.15) is 5.65 Å². The molecule has 0 aliphatic rings. The van der Waals surface area contributed by atoms with Crippen LogP contribution >= 0.6 is 34.9 Å². The van der Waals surface area contributed by atoms with Crippen molar-refractivity contribution in [1.82, 2.24) is 19.6 Å². The molecule has 6 nitrogen and oxygen atoms in total. The Morgan fingerprint density at radius 1 is 1.07 bits per heavy atom. The Kier molecular flexibility index (Phi) is 6.81. The number of carbonyl (C=O) groups excluding carboxylic acids is 1. The highest BCUT2D eigenvalue weighted by Crippen LogP contribution is 2.28. The van der Waals surface area contributed by atoms with Gasteiger partial charge in [0.25, 0.3) is 0 Å². The molecule has 0 radical (unpaired) electrons. The van der Waals surface area contributed by atoms with Crippen LogP contribution in [0.4, 0.5) is 5.13 Å². The molecule has 0 saturated carbocycles. The smallest absolute Gasteiger partial charge is 0.227 e. The molecule has 0 saturated heterocycles. The van der Waals surface area contributed by atoms with Gasteiger partial charge in [-0.25, -0.2) is 4.98 Å². The number of rotatable bonds is 9. The van der Waals surface area contributed by atoms with Crippen LogP contribution in [0.25, 0.3) is 5.65 Å². The normalized spacial score (nSPS) is 11.0. The topological polar surface area (TPSA) is 72.2 Å². The van der Waals surface area contributed by atoms with E-state index in [0.717, 1.165) is 32.9 Å². The fraction of sp³-hybridized carbons (Fsp3) is 0.200. The van der Waals surface area contributed by atoms with E-state index in [1.54, 1.807) is 23.5 Å². The Morgan fingerprint density at radius 3 is 2.79 bits per heavy atom. The van der Waals surface area contributed by atoms with Crippen LogP contribution in [-0.4, -0.2) is 31.2 Å². The van der Waals surface area contributed by atoms with E-state index in [1.807, 2.05) is 53.2 Å². The van der Waals surface area contributed by atoms with Crippen LogP contribution in [0.5, 0.6) is 0 Å². The number of pyridine rings is 1. The zero-order valence-electron chi connectivity index (χ0n) is 15.5. The molecule has 9 heteroatoms. The predicted molar refractivity (Wildman–Crippen MR) is 121 cm³/mol. The summed E-state index contributed by atoms with van der Waals surface area (Å²) in [6.07, 6.45) is 4.45. The van der Waals surface area contributed by atoms with Crippen LogP contribution < -0.4 is 5.32 Å². The number of imidazole rings is 1. The van der Waals surface area contributed by atoms with E-state index in [4.69, 9.17) is 0 Å². The Morgan fingerprint density at radius 2 is 1.93 bits per heavy atom.